The molecule has 78 valence electrons. The maximum atomic E-state index is 11.1. The first kappa shape index (κ1) is 9.59. The summed E-state index contributed by atoms with van der Waals surface area (Å²) >= 11 is 1.37. The Morgan fingerprint density at radius 3 is 2.93 bits per heavy atom. The molecule has 0 aliphatic rings. The van der Waals surface area contributed by atoms with E-state index in [9.17, 15) is 4.79 Å². The van der Waals surface area contributed by atoms with Gasteiger partial charge in [-0.1, -0.05) is 11.3 Å². The summed E-state index contributed by atoms with van der Waals surface area (Å²) in [7, 11) is 0. The SMILES string of the molecule is Cc1nnc(Nc2ncc(N)c(=O)[nH]2)s1. The standard InChI is InChI=1S/C7H8N6OS/c1-3-12-13-7(15-3)11-6-9-2-4(8)5(14)10-6/h2H,8H2,1H3,(H2,9,10,11,13,14). The van der Waals surface area contributed by atoms with E-state index in [0.717, 1.165) is 5.01 Å². The molecule has 2 aromatic heterocycles. The van der Waals surface area contributed by atoms with Gasteiger partial charge in [0.25, 0.3) is 5.56 Å². The van der Waals surface area contributed by atoms with Gasteiger partial charge in [-0.2, -0.15) is 0 Å². The molecule has 0 radical (unpaired) electrons. The molecule has 2 heterocycles. The number of nitrogens with two attached hydrogens (primary N) is 1. The molecule has 7 nitrogen and oxygen atoms in total. The number of nitrogen functional groups attached to an aromatic ring is 1. The van der Waals surface area contributed by atoms with Gasteiger partial charge in [-0.15, -0.1) is 10.2 Å². The summed E-state index contributed by atoms with van der Waals surface area (Å²) in [5.41, 5.74) is 5.02. The third-order valence-corrected chi connectivity index (χ3v) is 2.33. The number of aryl methyl sites for hydroxylation is 1. The van der Waals surface area contributed by atoms with Crippen molar-refractivity contribution in [3.05, 3.63) is 21.6 Å². The van der Waals surface area contributed by atoms with Crippen LogP contribution in [0.2, 0.25) is 0 Å². The van der Waals surface area contributed by atoms with E-state index in [-0.39, 0.29) is 11.2 Å². The summed E-state index contributed by atoms with van der Waals surface area (Å²) in [5, 5.41) is 11.9. The molecule has 0 saturated carbocycles. The van der Waals surface area contributed by atoms with Crippen LogP contribution in [0.4, 0.5) is 16.8 Å². The molecule has 0 bridgehead atoms. The minimum Gasteiger partial charge on any atom is -0.393 e. The number of hydrogen-bond acceptors (Lipinski definition) is 7. The smallest absolute Gasteiger partial charge is 0.275 e. The number of anilines is 3. The highest BCUT2D eigenvalue weighted by atomic mass is 32.1. The van der Waals surface area contributed by atoms with E-state index >= 15 is 0 Å². The monoisotopic (exact) mass is 224 g/mol. The van der Waals surface area contributed by atoms with Crippen LogP contribution < -0.4 is 16.6 Å². The second-order valence-corrected chi connectivity index (χ2v) is 3.95. The third kappa shape index (κ3) is 2.10. The first-order chi connectivity index (χ1) is 7.15. The van der Waals surface area contributed by atoms with E-state index in [1.54, 1.807) is 0 Å². The molecule has 2 aromatic rings. The lowest BCUT2D eigenvalue weighted by Crippen LogP contribution is -2.14. The van der Waals surface area contributed by atoms with Gasteiger partial charge in [0.1, 0.15) is 10.7 Å². The second-order valence-electron chi connectivity index (χ2n) is 2.77. The summed E-state index contributed by atoms with van der Waals surface area (Å²) in [5.74, 6) is 0.297. The molecular formula is C7H8N6OS. The Bertz CT molecular complexity index is 532. The van der Waals surface area contributed by atoms with Crippen molar-refractivity contribution in [2.75, 3.05) is 11.1 Å². The zero-order valence-electron chi connectivity index (χ0n) is 7.81. The maximum absolute atomic E-state index is 11.1. The van der Waals surface area contributed by atoms with Crippen LogP contribution in [0, 0.1) is 6.92 Å². The van der Waals surface area contributed by atoms with E-state index < -0.39 is 0 Å². The number of aromatic nitrogens is 4. The number of nitrogens with zero attached hydrogens (tertiary/aromatic N) is 3. The van der Waals surface area contributed by atoms with Crippen LogP contribution >= 0.6 is 11.3 Å². The van der Waals surface area contributed by atoms with E-state index in [1.165, 1.54) is 17.5 Å². The Hall–Kier alpha value is -1.96. The molecule has 0 aliphatic heterocycles. The first-order valence-corrected chi connectivity index (χ1v) is 4.89. The Balaban J connectivity index is 2.25. The summed E-state index contributed by atoms with van der Waals surface area (Å²) in [4.78, 5) is 17.5. The van der Waals surface area contributed by atoms with Gasteiger partial charge in [-0.25, -0.2) is 4.98 Å². The minimum absolute atomic E-state index is 0.0778. The van der Waals surface area contributed by atoms with Crippen molar-refractivity contribution < 1.29 is 0 Å². The Kier molecular flexibility index (Phi) is 2.34. The number of aromatic amines is 1. The molecule has 2 rings (SSSR count). The summed E-state index contributed by atoms with van der Waals surface area (Å²) in [6.07, 6.45) is 1.29. The van der Waals surface area contributed by atoms with Gasteiger partial charge in [0.15, 0.2) is 0 Å². The van der Waals surface area contributed by atoms with Gasteiger partial charge in [0.05, 0.1) is 6.20 Å². The van der Waals surface area contributed by atoms with E-state index in [4.69, 9.17) is 5.73 Å². The lowest BCUT2D eigenvalue weighted by molar-refractivity contribution is 1.04. The Morgan fingerprint density at radius 2 is 2.33 bits per heavy atom. The predicted octanol–water partition coefficient (Wildman–Crippen LogP) is 0.256. The molecular weight excluding hydrogens is 216 g/mol. The van der Waals surface area contributed by atoms with Crippen LogP contribution in [-0.2, 0) is 0 Å². The van der Waals surface area contributed by atoms with E-state index in [0.29, 0.717) is 11.1 Å². The number of H-pyrrole nitrogens is 1. The molecule has 0 fully saturated rings. The average molecular weight is 224 g/mol. The van der Waals surface area contributed by atoms with Crippen molar-refractivity contribution >= 4 is 28.1 Å². The summed E-state index contributed by atoms with van der Waals surface area (Å²) in [6, 6.07) is 0. The molecule has 4 N–H and O–H groups in total. The second kappa shape index (κ2) is 3.65. The molecule has 8 heteroatoms. The fraction of sp³-hybridized carbons (Fsp3) is 0.143. The van der Waals surface area contributed by atoms with Crippen LogP contribution in [0.15, 0.2) is 11.0 Å². The summed E-state index contributed by atoms with van der Waals surface area (Å²) < 4.78 is 0. The van der Waals surface area contributed by atoms with Gasteiger partial charge >= 0.3 is 0 Å². The fourth-order valence-electron chi connectivity index (χ4n) is 0.917. The van der Waals surface area contributed by atoms with Crippen LogP contribution in [0.25, 0.3) is 0 Å². The highest BCUT2D eigenvalue weighted by Gasteiger charge is 2.03. The molecule has 0 amide bonds. The lowest BCUT2D eigenvalue weighted by Gasteiger charge is -1.99. The maximum Gasteiger partial charge on any atom is 0.275 e. The number of hydrogen-bond donors (Lipinski definition) is 3. The van der Waals surface area contributed by atoms with Crippen LogP contribution in [-0.4, -0.2) is 20.2 Å². The highest BCUT2D eigenvalue weighted by molar-refractivity contribution is 7.15. The quantitative estimate of drug-likeness (QED) is 0.674. The molecule has 0 atom stereocenters. The van der Waals surface area contributed by atoms with Crippen molar-refractivity contribution in [2.45, 2.75) is 6.92 Å². The van der Waals surface area contributed by atoms with E-state index in [2.05, 4.69) is 25.5 Å². The van der Waals surface area contributed by atoms with Crippen molar-refractivity contribution in [3.63, 3.8) is 0 Å². The van der Waals surface area contributed by atoms with Crippen LogP contribution in [0.5, 0.6) is 0 Å². The van der Waals surface area contributed by atoms with Gasteiger partial charge in [-0.05, 0) is 6.92 Å². The van der Waals surface area contributed by atoms with Gasteiger partial charge < -0.3 is 11.1 Å². The Labute approximate surface area is 88.4 Å². The molecule has 15 heavy (non-hydrogen) atoms. The van der Waals surface area contributed by atoms with Crippen molar-refractivity contribution in [1.29, 1.82) is 0 Å². The molecule has 0 unspecified atom stereocenters. The zero-order chi connectivity index (χ0) is 10.8. The fourth-order valence-corrected chi connectivity index (χ4v) is 1.51. The van der Waals surface area contributed by atoms with Gasteiger partial charge in [-0.3, -0.25) is 9.78 Å². The van der Waals surface area contributed by atoms with Gasteiger partial charge in [0, 0.05) is 0 Å². The highest BCUT2D eigenvalue weighted by Crippen LogP contribution is 2.16. The summed E-state index contributed by atoms with van der Waals surface area (Å²) in [6.45, 7) is 1.84. The molecule has 0 aromatic carbocycles. The van der Waals surface area contributed by atoms with Gasteiger partial charge in [0.2, 0.25) is 11.1 Å². The third-order valence-electron chi connectivity index (χ3n) is 1.58. The van der Waals surface area contributed by atoms with Crippen molar-refractivity contribution in [1.82, 2.24) is 20.2 Å². The normalized spacial score (nSPS) is 10.2. The van der Waals surface area contributed by atoms with Crippen LogP contribution in [0.3, 0.4) is 0 Å². The largest absolute Gasteiger partial charge is 0.393 e. The number of rotatable bonds is 2. The minimum atomic E-state index is -0.381. The number of nitrogens with one attached hydrogen (secondary N) is 2. The lowest BCUT2D eigenvalue weighted by atomic mass is 10.5. The predicted molar refractivity (Wildman–Crippen MR) is 57.2 cm³/mol. The average Bonchev–Trinajstić information content (AvgIpc) is 2.58. The topological polar surface area (TPSA) is 110 Å². The van der Waals surface area contributed by atoms with Crippen LogP contribution in [0.1, 0.15) is 5.01 Å². The zero-order valence-corrected chi connectivity index (χ0v) is 8.63. The molecule has 0 saturated heterocycles. The van der Waals surface area contributed by atoms with Crippen molar-refractivity contribution in [3.8, 4) is 0 Å². The Morgan fingerprint density at radius 1 is 1.53 bits per heavy atom. The molecule has 0 aliphatic carbocycles. The van der Waals surface area contributed by atoms with E-state index in [1.807, 2.05) is 6.92 Å². The first-order valence-electron chi connectivity index (χ1n) is 4.07. The molecule has 0 spiro atoms. The van der Waals surface area contributed by atoms with Crippen molar-refractivity contribution in [2.24, 2.45) is 0 Å².